The van der Waals surface area contributed by atoms with Crippen LogP contribution in [0.2, 0.25) is 0 Å². The first-order valence-corrected chi connectivity index (χ1v) is 9.74. The summed E-state index contributed by atoms with van der Waals surface area (Å²) < 4.78 is 11.8. The normalized spacial score (nSPS) is 33.2. The van der Waals surface area contributed by atoms with Crippen molar-refractivity contribution in [3.8, 4) is 5.75 Å². The summed E-state index contributed by atoms with van der Waals surface area (Å²) >= 11 is 0. The molecule has 1 amide bonds. The van der Waals surface area contributed by atoms with Gasteiger partial charge < -0.3 is 14.4 Å². The standard InChI is InChI=1S/C23H23NO4/c1-22-13-18-11-12-23(22,28-18)20(19-6-4-3-5-15(19)14-25)24(21(22)26)16-7-9-17(27-2)10-8-16/h3-10,14,18,20H,11-13H2,1-2H3/t18-,20-,22+,23-/m0/s1. The molecule has 2 aromatic rings. The number of nitrogens with zero attached hydrogens (tertiary/aromatic N) is 1. The average molecular weight is 377 g/mol. The third-order valence-electron chi connectivity index (χ3n) is 6.94. The summed E-state index contributed by atoms with van der Waals surface area (Å²) in [5.41, 5.74) is 1.07. The van der Waals surface area contributed by atoms with E-state index in [1.165, 1.54) is 0 Å². The quantitative estimate of drug-likeness (QED) is 0.758. The van der Waals surface area contributed by atoms with Crippen molar-refractivity contribution in [2.24, 2.45) is 5.41 Å². The van der Waals surface area contributed by atoms with Crippen molar-refractivity contribution >= 4 is 17.9 Å². The van der Waals surface area contributed by atoms with E-state index in [9.17, 15) is 9.59 Å². The first kappa shape index (κ1) is 17.4. The number of carbonyl (C=O) groups is 2. The number of ether oxygens (including phenoxy) is 2. The number of rotatable bonds is 4. The second kappa shape index (κ2) is 5.92. The van der Waals surface area contributed by atoms with Gasteiger partial charge >= 0.3 is 0 Å². The Labute approximate surface area is 164 Å². The summed E-state index contributed by atoms with van der Waals surface area (Å²) in [5.74, 6) is 0.813. The Morgan fingerprint density at radius 1 is 1.18 bits per heavy atom. The highest BCUT2D eigenvalue weighted by Crippen LogP contribution is 2.67. The number of anilines is 1. The lowest BCUT2D eigenvalue weighted by Crippen LogP contribution is -2.44. The summed E-state index contributed by atoms with van der Waals surface area (Å²) in [6, 6.07) is 14.7. The minimum Gasteiger partial charge on any atom is -0.497 e. The van der Waals surface area contributed by atoms with Gasteiger partial charge in [0, 0.05) is 11.3 Å². The summed E-state index contributed by atoms with van der Waals surface area (Å²) in [5, 5.41) is 0. The Balaban J connectivity index is 1.72. The molecule has 0 saturated carbocycles. The molecule has 144 valence electrons. The number of aldehydes is 1. The van der Waals surface area contributed by atoms with Crippen LogP contribution in [0.3, 0.4) is 0 Å². The van der Waals surface area contributed by atoms with E-state index < -0.39 is 11.0 Å². The summed E-state index contributed by atoms with van der Waals surface area (Å²) in [4.78, 5) is 27.4. The molecule has 5 rings (SSSR count). The molecular formula is C23H23NO4. The van der Waals surface area contributed by atoms with Crippen molar-refractivity contribution in [1.82, 2.24) is 0 Å². The summed E-state index contributed by atoms with van der Waals surface area (Å²) in [6.45, 7) is 2.04. The van der Waals surface area contributed by atoms with Crippen molar-refractivity contribution in [2.75, 3.05) is 12.0 Å². The van der Waals surface area contributed by atoms with Gasteiger partial charge in [-0.1, -0.05) is 24.3 Å². The second-order valence-electron chi connectivity index (χ2n) is 8.23. The number of hydrogen-bond donors (Lipinski definition) is 0. The Hall–Kier alpha value is -2.66. The molecule has 3 heterocycles. The molecule has 1 spiro atoms. The van der Waals surface area contributed by atoms with Crippen LogP contribution < -0.4 is 9.64 Å². The van der Waals surface area contributed by atoms with Crippen LogP contribution >= 0.6 is 0 Å². The number of fused-ring (bicyclic) bond motifs is 1. The monoisotopic (exact) mass is 377 g/mol. The van der Waals surface area contributed by atoms with E-state index in [0.717, 1.165) is 42.5 Å². The van der Waals surface area contributed by atoms with Crippen molar-refractivity contribution in [3.05, 3.63) is 59.7 Å². The molecule has 0 unspecified atom stereocenters. The minimum absolute atomic E-state index is 0.0746. The van der Waals surface area contributed by atoms with Gasteiger partial charge in [0.2, 0.25) is 5.91 Å². The lowest BCUT2D eigenvalue weighted by molar-refractivity contribution is -0.129. The van der Waals surface area contributed by atoms with Crippen LogP contribution in [0.5, 0.6) is 5.75 Å². The zero-order valence-corrected chi connectivity index (χ0v) is 16.1. The molecular weight excluding hydrogens is 354 g/mol. The molecule has 2 aromatic carbocycles. The molecule has 2 bridgehead atoms. The van der Waals surface area contributed by atoms with Crippen molar-refractivity contribution in [3.63, 3.8) is 0 Å². The van der Waals surface area contributed by atoms with Gasteiger partial charge in [0.25, 0.3) is 0 Å². The average Bonchev–Trinajstić information content (AvgIpc) is 3.33. The highest BCUT2D eigenvalue weighted by Gasteiger charge is 2.74. The van der Waals surface area contributed by atoms with Crippen LogP contribution in [0.1, 0.15) is 48.1 Å². The summed E-state index contributed by atoms with van der Waals surface area (Å²) in [7, 11) is 1.62. The van der Waals surface area contributed by atoms with E-state index in [0.29, 0.717) is 5.56 Å². The molecule has 3 fully saturated rings. The second-order valence-corrected chi connectivity index (χ2v) is 8.23. The molecule has 4 atom stereocenters. The molecule has 0 aromatic heterocycles. The van der Waals surface area contributed by atoms with Gasteiger partial charge in [-0.3, -0.25) is 9.59 Å². The number of methoxy groups -OCH3 is 1. The van der Waals surface area contributed by atoms with Crippen LogP contribution in [0.4, 0.5) is 5.69 Å². The molecule has 5 heteroatoms. The van der Waals surface area contributed by atoms with E-state index in [2.05, 4.69) is 0 Å². The van der Waals surface area contributed by atoms with Crippen LogP contribution in [0.15, 0.2) is 48.5 Å². The van der Waals surface area contributed by atoms with Gasteiger partial charge in [0.05, 0.1) is 24.7 Å². The maximum absolute atomic E-state index is 13.8. The predicted octanol–water partition coefficient (Wildman–Crippen LogP) is 3.92. The topological polar surface area (TPSA) is 55.8 Å². The fraction of sp³-hybridized carbons (Fsp3) is 0.391. The lowest BCUT2D eigenvalue weighted by atomic mass is 9.65. The first-order valence-electron chi connectivity index (χ1n) is 9.74. The fourth-order valence-electron chi connectivity index (χ4n) is 5.60. The van der Waals surface area contributed by atoms with Gasteiger partial charge in [-0.2, -0.15) is 0 Å². The third-order valence-corrected chi connectivity index (χ3v) is 6.94. The number of hydrogen-bond acceptors (Lipinski definition) is 4. The van der Waals surface area contributed by atoms with Crippen molar-refractivity contribution in [2.45, 2.75) is 43.9 Å². The Morgan fingerprint density at radius 2 is 1.93 bits per heavy atom. The van der Waals surface area contributed by atoms with Crippen LogP contribution in [-0.2, 0) is 9.53 Å². The Bertz CT molecular complexity index is 955. The molecule has 0 N–H and O–H groups in total. The first-order chi connectivity index (χ1) is 13.5. The maximum Gasteiger partial charge on any atom is 0.236 e. The predicted molar refractivity (Wildman–Crippen MR) is 105 cm³/mol. The number of benzene rings is 2. The van der Waals surface area contributed by atoms with E-state index >= 15 is 0 Å². The van der Waals surface area contributed by atoms with Gasteiger partial charge in [0.1, 0.15) is 17.6 Å². The van der Waals surface area contributed by atoms with Crippen molar-refractivity contribution < 1.29 is 19.1 Å². The van der Waals surface area contributed by atoms with Crippen molar-refractivity contribution in [1.29, 1.82) is 0 Å². The number of amides is 1. The zero-order chi connectivity index (χ0) is 19.5. The SMILES string of the molecule is COc1ccc(N2C(=O)[C@@]3(C)C[C@@H]4CC[C@]3(O4)[C@@H]2c2ccccc2C=O)cc1. The molecule has 3 saturated heterocycles. The molecule has 3 aliphatic rings. The van der Waals surface area contributed by atoms with E-state index in [4.69, 9.17) is 9.47 Å². The molecule has 28 heavy (non-hydrogen) atoms. The minimum atomic E-state index is -0.603. The molecule has 0 aliphatic carbocycles. The molecule has 3 aliphatic heterocycles. The Kier molecular flexibility index (Phi) is 3.68. The van der Waals surface area contributed by atoms with E-state index in [1.54, 1.807) is 7.11 Å². The number of carbonyl (C=O) groups excluding carboxylic acids is 2. The van der Waals surface area contributed by atoms with Crippen LogP contribution in [-0.4, -0.2) is 31.0 Å². The fourth-order valence-corrected chi connectivity index (χ4v) is 5.60. The largest absolute Gasteiger partial charge is 0.497 e. The maximum atomic E-state index is 13.8. The third kappa shape index (κ3) is 2.05. The van der Waals surface area contributed by atoms with Gasteiger partial charge in [0.15, 0.2) is 0 Å². The van der Waals surface area contributed by atoms with Gasteiger partial charge in [-0.05, 0) is 56.0 Å². The van der Waals surface area contributed by atoms with E-state index in [1.807, 2.05) is 60.4 Å². The highest BCUT2D eigenvalue weighted by molar-refractivity contribution is 6.03. The van der Waals surface area contributed by atoms with Gasteiger partial charge in [-0.15, -0.1) is 0 Å². The van der Waals surface area contributed by atoms with Crippen LogP contribution in [0.25, 0.3) is 0 Å². The summed E-state index contributed by atoms with van der Waals surface area (Å²) in [6.07, 6.45) is 3.51. The van der Waals surface area contributed by atoms with Gasteiger partial charge in [-0.25, -0.2) is 0 Å². The van der Waals surface area contributed by atoms with E-state index in [-0.39, 0.29) is 18.1 Å². The smallest absolute Gasteiger partial charge is 0.236 e. The molecule has 0 radical (unpaired) electrons. The highest BCUT2D eigenvalue weighted by atomic mass is 16.5. The Morgan fingerprint density at radius 3 is 2.61 bits per heavy atom. The molecule has 5 nitrogen and oxygen atoms in total. The lowest BCUT2D eigenvalue weighted by Gasteiger charge is -2.38. The zero-order valence-electron chi connectivity index (χ0n) is 16.1. The van der Waals surface area contributed by atoms with Crippen LogP contribution in [0, 0.1) is 5.41 Å².